The molecule has 0 spiro atoms. The molecule has 120 valence electrons. The number of benzene rings is 1. The highest BCUT2D eigenvalue weighted by atomic mass is 35.5. The Morgan fingerprint density at radius 3 is 1.90 bits per heavy atom. The van der Waals surface area contributed by atoms with Crippen LogP contribution < -0.4 is 0 Å². The molecule has 0 aromatic heterocycles. The maximum atomic E-state index is 6.18. The number of hydrogen-bond acceptors (Lipinski definition) is 3. The number of hydrogen-bond donors (Lipinski definition) is 0. The van der Waals surface area contributed by atoms with Gasteiger partial charge in [0.1, 0.15) is 0 Å². The van der Waals surface area contributed by atoms with Crippen molar-refractivity contribution < 1.29 is 13.3 Å². The molecule has 0 saturated carbocycles. The smallest absolute Gasteiger partial charge is 0.374 e. The molecule has 21 heavy (non-hydrogen) atoms. The Labute approximate surface area is 134 Å². The molecule has 5 heteroatoms. The molecule has 1 rings (SSSR count). The van der Waals surface area contributed by atoms with Crippen molar-refractivity contribution in [3.05, 3.63) is 35.9 Å². The van der Waals surface area contributed by atoms with Crippen LogP contribution in [0.4, 0.5) is 0 Å². The molecular weight excluding hydrogens is 304 g/mol. The van der Waals surface area contributed by atoms with Crippen LogP contribution in [-0.4, -0.2) is 34.5 Å². The fraction of sp³-hybridized carbons (Fsp3) is 0.625. The van der Waals surface area contributed by atoms with E-state index >= 15 is 0 Å². The minimum absolute atomic E-state index is 0.297. The van der Waals surface area contributed by atoms with Crippen LogP contribution in [0.5, 0.6) is 0 Å². The number of halogens is 1. The Balaban J connectivity index is 2.77. The largest absolute Gasteiger partial charge is 0.501 e. The predicted octanol–water partition coefficient (Wildman–Crippen LogP) is 4.13. The second kappa shape index (κ2) is 10.4. The van der Waals surface area contributed by atoms with Gasteiger partial charge in [0.25, 0.3) is 0 Å². The minimum atomic E-state index is -2.62. The van der Waals surface area contributed by atoms with Crippen LogP contribution in [-0.2, 0) is 19.7 Å². The van der Waals surface area contributed by atoms with E-state index in [0.717, 1.165) is 12.5 Å². The summed E-state index contributed by atoms with van der Waals surface area (Å²) in [6, 6.07) is 11.2. The molecule has 1 aromatic rings. The molecule has 1 unspecified atom stereocenters. The van der Waals surface area contributed by atoms with Gasteiger partial charge in [0.05, 0.1) is 0 Å². The van der Waals surface area contributed by atoms with Gasteiger partial charge in [-0.15, -0.1) is 11.6 Å². The lowest BCUT2D eigenvalue weighted by Crippen LogP contribution is -2.48. The van der Waals surface area contributed by atoms with E-state index in [1.807, 2.05) is 26.8 Å². The summed E-state index contributed by atoms with van der Waals surface area (Å²) in [5, 5.41) is 0. The van der Waals surface area contributed by atoms with Crippen LogP contribution in [0, 0.1) is 5.92 Å². The van der Waals surface area contributed by atoms with E-state index in [-0.39, 0.29) is 0 Å². The van der Waals surface area contributed by atoms with Gasteiger partial charge in [-0.05, 0) is 38.7 Å². The standard InChI is InChI=1S/C16H27ClO3Si/c1-4-18-21(19-5-2,20-6-3)14-16(13-17)12-15-10-8-7-9-11-15/h7-11,16H,4-6,12-14H2,1-3H3. The fourth-order valence-corrected chi connectivity index (χ4v) is 5.76. The monoisotopic (exact) mass is 330 g/mol. The third kappa shape index (κ3) is 6.49. The van der Waals surface area contributed by atoms with E-state index in [1.165, 1.54) is 5.56 Å². The van der Waals surface area contributed by atoms with Gasteiger partial charge in [0.15, 0.2) is 0 Å². The Hall–Kier alpha value is -0.393. The van der Waals surface area contributed by atoms with Crippen LogP contribution in [0.3, 0.4) is 0 Å². The second-order valence-electron chi connectivity index (χ2n) is 4.90. The molecule has 0 saturated heterocycles. The molecule has 0 fully saturated rings. The molecule has 0 bridgehead atoms. The fourth-order valence-electron chi connectivity index (χ4n) is 2.44. The van der Waals surface area contributed by atoms with Crippen molar-refractivity contribution in [1.82, 2.24) is 0 Å². The van der Waals surface area contributed by atoms with Crippen molar-refractivity contribution in [2.45, 2.75) is 33.2 Å². The summed E-state index contributed by atoms with van der Waals surface area (Å²) in [5.74, 6) is 0.877. The van der Waals surface area contributed by atoms with Gasteiger partial charge in [0, 0.05) is 31.7 Å². The SMILES string of the molecule is CCO[Si](CC(CCl)Cc1ccccc1)(OCC)OCC. The second-order valence-corrected chi connectivity index (χ2v) is 7.85. The van der Waals surface area contributed by atoms with Gasteiger partial charge in [-0.2, -0.15) is 0 Å². The summed E-state index contributed by atoms with van der Waals surface area (Å²) in [7, 11) is -2.62. The summed E-state index contributed by atoms with van der Waals surface area (Å²) in [6.07, 6.45) is 0.923. The average Bonchev–Trinajstić information content (AvgIpc) is 2.48. The van der Waals surface area contributed by atoms with Crippen LogP contribution in [0.25, 0.3) is 0 Å². The molecule has 0 aliphatic rings. The first-order chi connectivity index (χ1) is 10.2. The van der Waals surface area contributed by atoms with Gasteiger partial charge in [-0.3, -0.25) is 0 Å². The van der Waals surface area contributed by atoms with Crippen LogP contribution in [0.15, 0.2) is 30.3 Å². The van der Waals surface area contributed by atoms with Gasteiger partial charge in [0.2, 0.25) is 0 Å². The van der Waals surface area contributed by atoms with E-state index in [2.05, 4.69) is 24.3 Å². The molecule has 1 aromatic carbocycles. The van der Waals surface area contributed by atoms with Crippen LogP contribution in [0.2, 0.25) is 6.04 Å². The van der Waals surface area contributed by atoms with Gasteiger partial charge in [-0.1, -0.05) is 30.3 Å². The van der Waals surface area contributed by atoms with E-state index in [0.29, 0.717) is 31.6 Å². The molecule has 0 aliphatic carbocycles. The zero-order chi connectivity index (χ0) is 15.6. The molecule has 0 radical (unpaired) electrons. The minimum Gasteiger partial charge on any atom is -0.374 e. The first-order valence-electron chi connectivity index (χ1n) is 7.71. The van der Waals surface area contributed by atoms with Gasteiger partial charge >= 0.3 is 8.80 Å². The van der Waals surface area contributed by atoms with Gasteiger partial charge in [-0.25, -0.2) is 0 Å². The quantitative estimate of drug-likeness (QED) is 0.451. The Kier molecular flexibility index (Phi) is 9.20. The first kappa shape index (κ1) is 18.7. The number of rotatable bonds is 11. The van der Waals surface area contributed by atoms with Crippen LogP contribution in [0.1, 0.15) is 26.3 Å². The van der Waals surface area contributed by atoms with Crippen molar-refractivity contribution in [1.29, 1.82) is 0 Å². The predicted molar refractivity (Wildman–Crippen MR) is 89.8 cm³/mol. The lowest BCUT2D eigenvalue weighted by atomic mass is 10.0. The van der Waals surface area contributed by atoms with Crippen molar-refractivity contribution >= 4 is 20.4 Å². The number of alkyl halides is 1. The average molecular weight is 331 g/mol. The Morgan fingerprint density at radius 2 is 1.48 bits per heavy atom. The Morgan fingerprint density at radius 1 is 0.952 bits per heavy atom. The van der Waals surface area contributed by atoms with Crippen molar-refractivity contribution in [3.8, 4) is 0 Å². The van der Waals surface area contributed by atoms with E-state index in [1.54, 1.807) is 0 Å². The summed E-state index contributed by atoms with van der Waals surface area (Å²) in [6.45, 7) is 7.75. The van der Waals surface area contributed by atoms with Crippen molar-refractivity contribution in [2.75, 3.05) is 25.7 Å². The molecule has 0 N–H and O–H groups in total. The van der Waals surface area contributed by atoms with Crippen molar-refractivity contribution in [3.63, 3.8) is 0 Å². The molecule has 3 nitrogen and oxygen atoms in total. The lowest BCUT2D eigenvalue weighted by molar-refractivity contribution is 0.0677. The maximum Gasteiger partial charge on any atom is 0.501 e. The topological polar surface area (TPSA) is 27.7 Å². The zero-order valence-electron chi connectivity index (χ0n) is 13.3. The third-order valence-corrected chi connectivity index (χ3v) is 6.92. The highest BCUT2D eigenvalue weighted by Gasteiger charge is 2.42. The first-order valence-corrected chi connectivity index (χ1v) is 10.2. The molecular formula is C16H27ClO3Si. The third-order valence-electron chi connectivity index (χ3n) is 3.22. The van der Waals surface area contributed by atoms with Crippen LogP contribution >= 0.6 is 11.6 Å². The van der Waals surface area contributed by atoms with Crippen molar-refractivity contribution in [2.24, 2.45) is 5.92 Å². The van der Waals surface area contributed by atoms with E-state index in [4.69, 9.17) is 24.9 Å². The normalized spacial score (nSPS) is 13.3. The zero-order valence-corrected chi connectivity index (χ0v) is 15.1. The summed E-state index contributed by atoms with van der Waals surface area (Å²) in [4.78, 5) is 0. The summed E-state index contributed by atoms with van der Waals surface area (Å²) >= 11 is 6.18. The summed E-state index contributed by atoms with van der Waals surface area (Å²) < 4.78 is 17.7. The Bertz CT molecular complexity index is 358. The maximum absolute atomic E-state index is 6.18. The summed E-state index contributed by atoms with van der Waals surface area (Å²) in [5.41, 5.74) is 1.29. The lowest BCUT2D eigenvalue weighted by Gasteiger charge is -2.31. The highest BCUT2D eigenvalue weighted by molar-refractivity contribution is 6.60. The molecule has 0 amide bonds. The van der Waals surface area contributed by atoms with E-state index in [9.17, 15) is 0 Å². The molecule has 1 atom stereocenters. The molecule has 0 aliphatic heterocycles. The van der Waals surface area contributed by atoms with Gasteiger partial charge < -0.3 is 13.3 Å². The van der Waals surface area contributed by atoms with E-state index < -0.39 is 8.80 Å². The highest BCUT2D eigenvalue weighted by Crippen LogP contribution is 2.25. The molecule has 0 heterocycles.